The Morgan fingerprint density at radius 1 is 1.33 bits per heavy atom. The fraction of sp³-hybridized carbons (Fsp3) is 0.214. The summed E-state index contributed by atoms with van der Waals surface area (Å²) in [4.78, 5) is 1.31. The van der Waals surface area contributed by atoms with Crippen molar-refractivity contribution in [3.63, 3.8) is 0 Å². The molecule has 0 aliphatic carbocycles. The zero-order valence-electron chi connectivity index (χ0n) is 9.93. The van der Waals surface area contributed by atoms with E-state index in [1.165, 1.54) is 4.88 Å². The number of nitrogen functional groups attached to an aromatic ring is 1. The monoisotopic (exact) mass is 258 g/mol. The van der Waals surface area contributed by atoms with Crippen LogP contribution in [0.4, 0.5) is 5.69 Å². The zero-order chi connectivity index (χ0) is 12.8. The Morgan fingerprint density at radius 2 is 2.22 bits per heavy atom. The first kappa shape index (κ1) is 12.5. The van der Waals surface area contributed by atoms with E-state index in [4.69, 9.17) is 15.7 Å². The number of nitrogens with zero attached hydrogens (tertiary/aromatic N) is 1. The van der Waals surface area contributed by atoms with Crippen LogP contribution in [0, 0.1) is 11.3 Å². The van der Waals surface area contributed by atoms with E-state index in [2.05, 4.69) is 17.5 Å². The predicted octanol–water partition coefficient (Wildman–Crippen LogP) is 3.02. The first-order valence-corrected chi connectivity index (χ1v) is 6.58. The minimum Gasteiger partial charge on any atom is -0.493 e. The van der Waals surface area contributed by atoms with Crippen LogP contribution in [0.2, 0.25) is 0 Å². The van der Waals surface area contributed by atoms with E-state index in [9.17, 15) is 0 Å². The highest BCUT2D eigenvalue weighted by Crippen LogP contribution is 2.20. The third kappa shape index (κ3) is 3.25. The number of nitriles is 1. The molecule has 0 amide bonds. The molecular weight excluding hydrogens is 244 g/mol. The molecule has 4 heteroatoms. The van der Waals surface area contributed by atoms with Crippen molar-refractivity contribution in [2.75, 3.05) is 12.3 Å². The average molecular weight is 258 g/mol. The summed E-state index contributed by atoms with van der Waals surface area (Å²) in [5.74, 6) is 0.769. The van der Waals surface area contributed by atoms with Gasteiger partial charge in [0.1, 0.15) is 5.75 Å². The molecule has 0 saturated heterocycles. The number of ether oxygens (including phenoxy) is 1. The molecule has 1 heterocycles. The molecule has 2 N–H and O–H groups in total. The summed E-state index contributed by atoms with van der Waals surface area (Å²) in [5, 5.41) is 10.8. The standard InChI is InChI=1S/C14H14N2OS/c15-7-5-11-10-12(3-4-14(11)16)17-8-6-13-2-1-9-18-13/h1-4,9-10H,5-6,8,16H2. The maximum atomic E-state index is 8.69. The van der Waals surface area contributed by atoms with Gasteiger partial charge < -0.3 is 10.5 Å². The van der Waals surface area contributed by atoms with E-state index in [-0.39, 0.29) is 0 Å². The van der Waals surface area contributed by atoms with Gasteiger partial charge in [-0.1, -0.05) is 6.07 Å². The third-order valence-corrected chi connectivity index (χ3v) is 3.52. The summed E-state index contributed by atoms with van der Waals surface area (Å²) in [7, 11) is 0. The van der Waals surface area contributed by atoms with Crippen LogP contribution in [0.25, 0.3) is 0 Å². The molecule has 0 radical (unpaired) electrons. The van der Waals surface area contributed by atoms with Gasteiger partial charge >= 0.3 is 0 Å². The van der Waals surface area contributed by atoms with Gasteiger partial charge in [0, 0.05) is 17.0 Å². The molecule has 0 atom stereocenters. The zero-order valence-corrected chi connectivity index (χ0v) is 10.7. The maximum Gasteiger partial charge on any atom is 0.119 e. The lowest BCUT2D eigenvalue weighted by molar-refractivity contribution is 0.323. The van der Waals surface area contributed by atoms with Crippen molar-refractivity contribution in [1.29, 1.82) is 5.26 Å². The van der Waals surface area contributed by atoms with Crippen molar-refractivity contribution in [1.82, 2.24) is 0 Å². The van der Waals surface area contributed by atoms with Gasteiger partial charge in [-0.3, -0.25) is 0 Å². The van der Waals surface area contributed by atoms with Gasteiger partial charge in [0.15, 0.2) is 0 Å². The van der Waals surface area contributed by atoms with Crippen LogP contribution in [0.3, 0.4) is 0 Å². The molecule has 92 valence electrons. The van der Waals surface area contributed by atoms with Gasteiger partial charge in [-0.05, 0) is 35.2 Å². The first-order chi connectivity index (χ1) is 8.79. The van der Waals surface area contributed by atoms with E-state index in [1.807, 2.05) is 18.2 Å². The van der Waals surface area contributed by atoms with Crippen LogP contribution in [-0.4, -0.2) is 6.61 Å². The number of rotatable bonds is 5. The van der Waals surface area contributed by atoms with Crippen molar-refractivity contribution >= 4 is 17.0 Å². The van der Waals surface area contributed by atoms with Crippen LogP contribution in [0.1, 0.15) is 10.4 Å². The number of thiophene rings is 1. The second-order valence-electron chi connectivity index (χ2n) is 3.87. The summed E-state index contributed by atoms with van der Waals surface area (Å²) in [6.07, 6.45) is 1.21. The van der Waals surface area contributed by atoms with Gasteiger partial charge in [0.2, 0.25) is 0 Å². The highest BCUT2D eigenvalue weighted by molar-refractivity contribution is 7.09. The Morgan fingerprint density at radius 3 is 2.94 bits per heavy atom. The lowest BCUT2D eigenvalue weighted by atomic mass is 10.1. The van der Waals surface area contributed by atoms with Gasteiger partial charge in [-0.25, -0.2) is 0 Å². The molecule has 2 rings (SSSR count). The Bertz CT molecular complexity index is 543. The van der Waals surface area contributed by atoms with Crippen molar-refractivity contribution in [2.24, 2.45) is 0 Å². The van der Waals surface area contributed by atoms with Gasteiger partial charge in [0.05, 0.1) is 19.1 Å². The molecule has 0 aliphatic rings. The van der Waals surface area contributed by atoms with E-state index >= 15 is 0 Å². The molecule has 1 aromatic carbocycles. The summed E-state index contributed by atoms with van der Waals surface area (Å²) >= 11 is 1.73. The van der Waals surface area contributed by atoms with Crippen molar-refractivity contribution < 1.29 is 4.74 Å². The van der Waals surface area contributed by atoms with Crippen molar-refractivity contribution in [3.8, 4) is 11.8 Å². The highest BCUT2D eigenvalue weighted by Gasteiger charge is 2.02. The van der Waals surface area contributed by atoms with Crippen LogP contribution >= 0.6 is 11.3 Å². The molecule has 2 aromatic rings. The lowest BCUT2D eigenvalue weighted by Crippen LogP contribution is -2.01. The topological polar surface area (TPSA) is 59.0 Å². The van der Waals surface area contributed by atoms with E-state index in [0.717, 1.165) is 17.7 Å². The summed E-state index contributed by atoms with van der Waals surface area (Å²) in [6, 6.07) is 11.7. The molecule has 18 heavy (non-hydrogen) atoms. The average Bonchev–Trinajstić information content (AvgIpc) is 2.87. The normalized spacial score (nSPS) is 9.94. The van der Waals surface area contributed by atoms with Crippen LogP contribution < -0.4 is 10.5 Å². The molecule has 0 unspecified atom stereocenters. The minimum atomic E-state index is 0.313. The number of benzene rings is 1. The molecular formula is C14H14N2OS. The van der Waals surface area contributed by atoms with Crippen LogP contribution in [-0.2, 0) is 12.8 Å². The smallest absolute Gasteiger partial charge is 0.119 e. The molecule has 0 aliphatic heterocycles. The summed E-state index contributed by atoms with van der Waals surface area (Å²) in [6.45, 7) is 0.635. The Labute approximate surface area is 110 Å². The quantitative estimate of drug-likeness (QED) is 0.839. The molecule has 0 fully saturated rings. The Kier molecular flexibility index (Phi) is 4.21. The fourth-order valence-electron chi connectivity index (χ4n) is 1.63. The Hall–Kier alpha value is -1.99. The Balaban J connectivity index is 1.93. The van der Waals surface area contributed by atoms with Gasteiger partial charge in [-0.2, -0.15) is 5.26 Å². The van der Waals surface area contributed by atoms with Crippen molar-refractivity contribution in [2.45, 2.75) is 12.8 Å². The van der Waals surface area contributed by atoms with Gasteiger partial charge in [-0.15, -0.1) is 11.3 Å². The first-order valence-electron chi connectivity index (χ1n) is 5.70. The molecule has 1 aromatic heterocycles. The number of anilines is 1. The number of hydrogen-bond acceptors (Lipinski definition) is 4. The SMILES string of the molecule is N#CCc1cc(OCCc2cccs2)ccc1N. The highest BCUT2D eigenvalue weighted by atomic mass is 32.1. The van der Waals surface area contributed by atoms with E-state index < -0.39 is 0 Å². The van der Waals surface area contributed by atoms with Gasteiger partial charge in [0.25, 0.3) is 0 Å². The largest absolute Gasteiger partial charge is 0.493 e. The third-order valence-electron chi connectivity index (χ3n) is 2.58. The summed E-state index contributed by atoms with van der Waals surface area (Å²) in [5.41, 5.74) is 7.24. The second kappa shape index (κ2) is 6.08. The molecule has 0 spiro atoms. The molecule has 0 saturated carbocycles. The maximum absolute atomic E-state index is 8.69. The lowest BCUT2D eigenvalue weighted by Gasteiger charge is -2.08. The minimum absolute atomic E-state index is 0.313. The van der Waals surface area contributed by atoms with E-state index in [1.54, 1.807) is 17.4 Å². The van der Waals surface area contributed by atoms with Crippen molar-refractivity contribution in [3.05, 3.63) is 46.2 Å². The number of nitrogens with two attached hydrogens (primary N) is 1. The molecule has 3 nitrogen and oxygen atoms in total. The predicted molar refractivity (Wildman–Crippen MR) is 73.7 cm³/mol. The number of hydrogen-bond donors (Lipinski definition) is 1. The van der Waals surface area contributed by atoms with Crippen LogP contribution in [0.15, 0.2) is 35.7 Å². The summed E-state index contributed by atoms with van der Waals surface area (Å²) < 4.78 is 5.66. The molecule has 0 bridgehead atoms. The van der Waals surface area contributed by atoms with Crippen LogP contribution in [0.5, 0.6) is 5.75 Å². The fourth-order valence-corrected chi connectivity index (χ4v) is 2.32. The second-order valence-corrected chi connectivity index (χ2v) is 4.91. The van der Waals surface area contributed by atoms with E-state index in [0.29, 0.717) is 18.7 Å².